The van der Waals surface area contributed by atoms with E-state index < -0.39 is 5.91 Å². The van der Waals surface area contributed by atoms with Crippen LogP contribution in [0.15, 0.2) is 29.2 Å². The minimum atomic E-state index is -0.400. The van der Waals surface area contributed by atoms with Crippen LogP contribution in [0, 0.1) is 11.7 Å². The van der Waals surface area contributed by atoms with Crippen molar-refractivity contribution < 1.29 is 18.8 Å². The number of imide groups is 1. The Morgan fingerprint density at radius 1 is 1.30 bits per heavy atom. The summed E-state index contributed by atoms with van der Waals surface area (Å²) < 4.78 is 12.9. The predicted molar refractivity (Wildman–Crippen MR) is 86.9 cm³/mol. The number of hydrogen-bond donors (Lipinski definition) is 1. The molecule has 1 heterocycles. The van der Waals surface area contributed by atoms with Gasteiger partial charge in [0.1, 0.15) is 5.82 Å². The average Bonchev–Trinajstić information content (AvgIpc) is 2.76. The Hall–Kier alpha value is -2.15. The van der Waals surface area contributed by atoms with E-state index in [1.807, 2.05) is 0 Å². The summed E-state index contributed by atoms with van der Waals surface area (Å²) in [6.45, 7) is 3.88. The fourth-order valence-electron chi connectivity index (χ4n) is 1.90. The van der Waals surface area contributed by atoms with Crippen LogP contribution in [0.3, 0.4) is 0 Å². The number of rotatable bonds is 5. The van der Waals surface area contributed by atoms with E-state index in [-0.39, 0.29) is 40.9 Å². The van der Waals surface area contributed by atoms with Gasteiger partial charge in [-0.15, -0.1) is 0 Å². The summed E-state index contributed by atoms with van der Waals surface area (Å²) in [6.07, 6.45) is 1.55. The molecule has 1 aromatic carbocycles. The number of thioether (sulfide) groups is 1. The van der Waals surface area contributed by atoms with Crippen LogP contribution in [0.2, 0.25) is 0 Å². The highest BCUT2D eigenvalue weighted by Crippen LogP contribution is 2.31. The topological polar surface area (TPSA) is 66.5 Å². The number of carbonyl (C=O) groups is 3. The Labute approximate surface area is 137 Å². The summed E-state index contributed by atoms with van der Waals surface area (Å²) in [6, 6.07) is 5.65. The summed E-state index contributed by atoms with van der Waals surface area (Å²) in [5.41, 5.74) is 0.644. The third-order valence-electron chi connectivity index (χ3n) is 3.20. The van der Waals surface area contributed by atoms with E-state index >= 15 is 0 Å². The van der Waals surface area contributed by atoms with Crippen LogP contribution in [-0.2, 0) is 9.59 Å². The summed E-state index contributed by atoms with van der Waals surface area (Å²) in [5.74, 6) is -1.04. The first-order chi connectivity index (χ1) is 10.9. The molecule has 2 rings (SSSR count). The zero-order chi connectivity index (χ0) is 17.0. The van der Waals surface area contributed by atoms with Crippen LogP contribution >= 0.6 is 11.8 Å². The number of hydrogen-bond acceptors (Lipinski definition) is 4. The van der Waals surface area contributed by atoms with Crippen LogP contribution in [0.5, 0.6) is 0 Å². The smallest absolute Gasteiger partial charge is 0.293 e. The van der Waals surface area contributed by atoms with E-state index in [2.05, 4.69) is 5.32 Å². The molecule has 1 saturated heterocycles. The highest BCUT2D eigenvalue weighted by molar-refractivity contribution is 8.18. The lowest BCUT2D eigenvalue weighted by Crippen LogP contribution is -2.38. The van der Waals surface area contributed by atoms with Crippen LogP contribution in [0.1, 0.15) is 19.4 Å². The van der Waals surface area contributed by atoms with Crippen LogP contribution < -0.4 is 5.32 Å². The fraction of sp³-hybridized carbons (Fsp3) is 0.312. The monoisotopic (exact) mass is 336 g/mol. The molecule has 0 radical (unpaired) electrons. The molecule has 7 heteroatoms. The van der Waals surface area contributed by atoms with Crippen molar-refractivity contribution >= 4 is 34.9 Å². The van der Waals surface area contributed by atoms with Gasteiger partial charge in [-0.1, -0.05) is 26.0 Å². The lowest BCUT2D eigenvalue weighted by Gasteiger charge is -2.13. The quantitative estimate of drug-likeness (QED) is 0.840. The molecule has 1 aliphatic heterocycles. The number of amides is 3. The van der Waals surface area contributed by atoms with Crippen molar-refractivity contribution in [2.75, 3.05) is 13.1 Å². The summed E-state index contributed by atoms with van der Waals surface area (Å²) in [7, 11) is 0. The maximum atomic E-state index is 12.9. The van der Waals surface area contributed by atoms with E-state index in [9.17, 15) is 18.8 Å². The highest BCUT2D eigenvalue weighted by atomic mass is 32.2. The molecule has 0 unspecified atom stereocenters. The normalized spacial score (nSPS) is 16.5. The first-order valence-corrected chi connectivity index (χ1v) is 7.99. The lowest BCUT2D eigenvalue weighted by atomic mass is 10.2. The second-order valence-electron chi connectivity index (χ2n) is 5.33. The maximum absolute atomic E-state index is 12.9. The molecule has 1 aliphatic rings. The summed E-state index contributed by atoms with van der Waals surface area (Å²) in [4.78, 5) is 37.0. The van der Waals surface area contributed by atoms with Crippen molar-refractivity contribution in [3.63, 3.8) is 0 Å². The molecule has 0 aliphatic carbocycles. The van der Waals surface area contributed by atoms with Crippen molar-refractivity contribution in [1.82, 2.24) is 10.2 Å². The number of nitrogens with one attached hydrogen (secondary N) is 1. The Kier molecular flexibility index (Phi) is 5.54. The summed E-state index contributed by atoms with van der Waals surface area (Å²) in [5, 5.41) is 2.29. The minimum absolute atomic E-state index is 0.126. The molecular weight excluding hydrogens is 319 g/mol. The Morgan fingerprint density at radius 2 is 1.96 bits per heavy atom. The van der Waals surface area contributed by atoms with Crippen LogP contribution in [0.25, 0.3) is 6.08 Å². The van der Waals surface area contributed by atoms with Gasteiger partial charge in [-0.25, -0.2) is 4.39 Å². The largest absolute Gasteiger partial charge is 0.354 e. The molecule has 3 amide bonds. The number of carbonyl (C=O) groups excluding carboxylic acids is 3. The van der Waals surface area contributed by atoms with Gasteiger partial charge >= 0.3 is 0 Å². The second kappa shape index (κ2) is 7.41. The third kappa shape index (κ3) is 4.41. The molecule has 5 nitrogen and oxygen atoms in total. The Morgan fingerprint density at radius 3 is 2.57 bits per heavy atom. The lowest BCUT2D eigenvalue weighted by molar-refractivity contribution is -0.125. The molecule has 0 bridgehead atoms. The van der Waals surface area contributed by atoms with Gasteiger partial charge in [0.15, 0.2) is 0 Å². The van der Waals surface area contributed by atoms with Gasteiger partial charge in [0.2, 0.25) is 5.91 Å². The van der Waals surface area contributed by atoms with Gasteiger partial charge < -0.3 is 5.32 Å². The van der Waals surface area contributed by atoms with E-state index in [4.69, 9.17) is 0 Å². The molecule has 0 spiro atoms. The van der Waals surface area contributed by atoms with Crippen molar-refractivity contribution in [2.45, 2.75) is 13.8 Å². The van der Waals surface area contributed by atoms with Gasteiger partial charge in [0, 0.05) is 19.0 Å². The van der Waals surface area contributed by atoms with Gasteiger partial charge in [0.05, 0.1) is 4.91 Å². The van der Waals surface area contributed by atoms with E-state index in [0.717, 1.165) is 16.7 Å². The fourth-order valence-corrected chi connectivity index (χ4v) is 2.76. The molecule has 0 aromatic heterocycles. The first-order valence-electron chi connectivity index (χ1n) is 7.17. The van der Waals surface area contributed by atoms with Crippen LogP contribution in [-0.4, -0.2) is 35.0 Å². The van der Waals surface area contributed by atoms with E-state index in [1.165, 1.54) is 24.3 Å². The first kappa shape index (κ1) is 17.2. The number of halogens is 1. The maximum Gasteiger partial charge on any atom is 0.293 e. The Bertz CT molecular complexity index is 656. The molecule has 23 heavy (non-hydrogen) atoms. The van der Waals surface area contributed by atoms with Gasteiger partial charge in [0.25, 0.3) is 11.1 Å². The van der Waals surface area contributed by atoms with E-state index in [1.54, 1.807) is 19.9 Å². The third-order valence-corrected chi connectivity index (χ3v) is 4.11. The zero-order valence-electron chi connectivity index (χ0n) is 12.8. The Balaban J connectivity index is 1.99. The standard InChI is InChI=1S/C16H17FN2O3S/c1-10(2)14(20)18-7-8-19-15(21)13(23-16(19)22)9-11-3-5-12(17)6-4-11/h3-6,9-10H,7-8H2,1-2H3,(H,18,20)/b13-9-. The van der Waals surface area contributed by atoms with Gasteiger partial charge in [-0.2, -0.15) is 0 Å². The molecular formula is C16H17FN2O3S. The van der Waals surface area contributed by atoms with Gasteiger partial charge in [-0.05, 0) is 35.5 Å². The van der Waals surface area contributed by atoms with Crippen molar-refractivity contribution in [3.8, 4) is 0 Å². The number of benzene rings is 1. The molecule has 0 atom stereocenters. The second-order valence-corrected chi connectivity index (χ2v) is 6.32. The SMILES string of the molecule is CC(C)C(=O)NCCN1C(=O)S/C(=C\c2ccc(F)cc2)C1=O. The number of nitrogens with zero attached hydrogens (tertiary/aromatic N) is 1. The average molecular weight is 336 g/mol. The molecule has 1 N–H and O–H groups in total. The molecule has 0 saturated carbocycles. The molecule has 1 fully saturated rings. The van der Waals surface area contributed by atoms with Gasteiger partial charge in [-0.3, -0.25) is 19.3 Å². The molecule has 1 aromatic rings. The molecule has 122 valence electrons. The van der Waals surface area contributed by atoms with Crippen molar-refractivity contribution in [3.05, 3.63) is 40.6 Å². The van der Waals surface area contributed by atoms with Crippen LogP contribution in [0.4, 0.5) is 9.18 Å². The highest BCUT2D eigenvalue weighted by Gasteiger charge is 2.34. The van der Waals surface area contributed by atoms with Crippen molar-refractivity contribution in [2.24, 2.45) is 5.92 Å². The van der Waals surface area contributed by atoms with E-state index in [0.29, 0.717) is 5.56 Å². The minimum Gasteiger partial charge on any atom is -0.354 e. The summed E-state index contributed by atoms with van der Waals surface area (Å²) >= 11 is 0.838. The van der Waals surface area contributed by atoms with Crippen molar-refractivity contribution in [1.29, 1.82) is 0 Å². The predicted octanol–water partition coefficient (Wildman–Crippen LogP) is 2.63. The zero-order valence-corrected chi connectivity index (χ0v) is 13.7.